The number of amides is 2. The van der Waals surface area contributed by atoms with E-state index in [1.165, 1.54) is 4.88 Å². The van der Waals surface area contributed by atoms with Crippen molar-refractivity contribution in [1.29, 1.82) is 0 Å². The Hall–Kier alpha value is -1.40. The molecule has 3 fully saturated rings. The van der Waals surface area contributed by atoms with Gasteiger partial charge in [0.2, 0.25) is 11.8 Å². The van der Waals surface area contributed by atoms with E-state index >= 15 is 0 Å². The molecule has 0 radical (unpaired) electrons. The first-order valence-electron chi connectivity index (χ1n) is 10.0. The summed E-state index contributed by atoms with van der Waals surface area (Å²) in [6, 6.07) is 4.62. The van der Waals surface area contributed by atoms with Crippen molar-refractivity contribution in [1.82, 2.24) is 15.1 Å². The standard InChI is InChI=1S/C20H29N3O2S/c24-19(21-13-18-4-2-12-26-18)16-3-1-9-23(14-16)17-7-10-22(11-8-17)20(25)15-5-6-15/h2,4,12,15-17H,1,3,5-11,13-14H2,(H,21,24)/t16-/m0/s1. The lowest BCUT2D eigenvalue weighted by atomic mass is 9.93. The fourth-order valence-corrected chi connectivity index (χ4v) is 4.97. The molecule has 0 aromatic carbocycles. The van der Waals surface area contributed by atoms with Gasteiger partial charge in [0.05, 0.1) is 12.5 Å². The summed E-state index contributed by atoms with van der Waals surface area (Å²) < 4.78 is 0. The molecule has 5 nitrogen and oxygen atoms in total. The maximum atomic E-state index is 12.6. The third kappa shape index (κ3) is 4.29. The first-order valence-corrected chi connectivity index (χ1v) is 10.9. The third-order valence-electron chi connectivity index (χ3n) is 6.06. The number of hydrogen-bond acceptors (Lipinski definition) is 4. The van der Waals surface area contributed by atoms with Crippen molar-refractivity contribution in [3.05, 3.63) is 22.4 Å². The maximum Gasteiger partial charge on any atom is 0.225 e. The molecule has 26 heavy (non-hydrogen) atoms. The van der Waals surface area contributed by atoms with Crippen LogP contribution in [0.25, 0.3) is 0 Å². The van der Waals surface area contributed by atoms with Gasteiger partial charge in [-0.25, -0.2) is 0 Å². The zero-order valence-corrected chi connectivity index (χ0v) is 16.2. The molecule has 3 heterocycles. The van der Waals surface area contributed by atoms with Crippen LogP contribution in [0.3, 0.4) is 0 Å². The number of nitrogens with zero attached hydrogens (tertiary/aromatic N) is 2. The van der Waals surface area contributed by atoms with Crippen molar-refractivity contribution in [2.24, 2.45) is 11.8 Å². The summed E-state index contributed by atoms with van der Waals surface area (Å²) in [5.74, 6) is 1.02. The Morgan fingerprint density at radius 2 is 1.88 bits per heavy atom. The molecule has 3 aliphatic rings. The number of hydrogen-bond donors (Lipinski definition) is 1. The van der Waals surface area contributed by atoms with E-state index in [4.69, 9.17) is 0 Å². The van der Waals surface area contributed by atoms with Gasteiger partial charge in [0.1, 0.15) is 0 Å². The van der Waals surface area contributed by atoms with Gasteiger partial charge >= 0.3 is 0 Å². The molecule has 6 heteroatoms. The normalized spacial score (nSPS) is 25.2. The van der Waals surface area contributed by atoms with Crippen molar-refractivity contribution in [2.75, 3.05) is 26.2 Å². The molecule has 1 aromatic rings. The smallest absolute Gasteiger partial charge is 0.225 e. The first kappa shape index (κ1) is 18.0. The summed E-state index contributed by atoms with van der Waals surface area (Å²) in [5.41, 5.74) is 0. The monoisotopic (exact) mass is 375 g/mol. The lowest BCUT2D eigenvalue weighted by Crippen LogP contribution is -2.51. The second-order valence-corrected chi connectivity index (χ2v) is 8.99. The lowest BCUT2D eigenvalue weighted by Gasteiger charge is -2.42. The largest absolute Gasteiger partial charge is 0.351 e. The average Bonchev–Trinajstić information content (AvgIpc) is 3.41. The molecule has 1 aromatic heterocycles. The van der Waals surface area contributed by atoms with E-state index in [9.17, 15) is 9.59 Å². The summed E-state index contributed by atoms with van der Waals surface area (Å²) in [6.07, 6.45) is 6.38. The lowest BCUT2D eigenvalue weighted by molar-refractivity contribution is -0.134. The molecule has 0 bridgehead atoms. The van der Waals surface area contributed by atoms with Crippen LogP contribution in [0.4, 0.5) is 0 Å². The number of rotatable bonds is 5. The molecule has 0 unspecified atom stereocenters. The minimum absolute atomic E-state index is 0.106. The van der Waals surface area contributed by atoms with E-state index < -0.39 is 0 Å². The molecular weight excluding hydrogens is 346 g/mol. The summed E-state index contributed by atoms with van der Waals surface area (Å²) in [6.45, 7) is 4.40. The number of carbonyl (C=O) groups is 2. The molecule has 1 aliphatic carbocycles. The zero-order valence-electron chi connectivity index (χ0n) is 15.4. The maximum absolute atomic E-state index is 12.6. The molecule has 1 saturated carbocycles. The molecular formula is C20H29N3O2S. The average molecular weight is 376 g/mol. The Bertz CT molecular complexity index is 621. The quantitative estimate of drug-likeness (QED) is 0.860. The van der Waals surface area contributed by atoms with Crippen molar-refractivity contribution >= 4 is 23.2 Å². The summed E-state index contributed by atoms with van der Waals surface area (Å²) >= 11 is 1.69. The highest BCUT2D eigenvalue weighted by Crippen LogP contribution is 2.32. The Kier molecular flexibility index (Phi) is 5.60. The molecule has 1 N–H and O–H groups in total. The molecule has 1 atom stereocenters. The highest BCUT2D eigenvalue weighted by Gasteiger charge is 2.37. The van der Waals surface area contributed by atoms with Crippen LogP contribution in [0.15, 0.2) is 17.5 Å². The van der Waals surface area contributed by atoms with Gasteiger partial charge in [-0.3, -0.25) is 14.5 Å². The van der Waals surface area contributed by atoms with Crippen LogP contribution in [0, 0.1) is 11.8 Å². The van der Waals surface area contributed by atoms with Gasteiger partial charge in [-0.05, 0) is 56.5 Å². The molecule has 4 rings (SSSR count). The van der Waals surface area contributed by atoms with Gasteiger partial charge < -0.3 is 10.2 Å². The van der Waals surface area contributed by atoms with E-state index in [2.05, 4.69) is 21.2 Å². The van der Waals surface area contributed by atoms with Crippen LogP contribution in [-0.2, 0) is 16.1 Å². The predicted octanol–water partition coefficient (Wildman–Crippen LogP) is 2.48. The van der Waals surface area contributed by atoms with Gasteiger partial charge in [-0.1, -0.05) is 6.07 Å². The van der Waals surface area contributed by atoms with Crippen LogP contribution >= 0.6 is 11.3 Å². The zero-order chi connectivity index (χ0) is 17.9. The predicted molar refractivity (Wildman–Crippen MR) is 103 cm³/mol. The molecule has 0 spiro atoms. The van der Waals surface area contributed by atoms with Gasteiger partial charge in [0.15, 0.2) is 0 Å². The minimum Gasteiger partial charge on any atom is -0.351 e. The Morgan fingerprint density at radius 3 is 2.58 bits per heavy atom. The number of piperidine rings is 2. The van der Waals surface area contributed by atoms with Crippen LogP contribution in [0.5, 0.6) is 0 Å². The van der Waals surface area contributed by atoms with Gasteiger partial charge in [-0.2, -0.15) is 0 Å². The highest BCUT2D eigenvalue weighted by molar-refractivity contribution is 7.09. The number of carbonyl (C=O) groups excluding carboxylic acids is 2. The van der Waals surface area contributed by atoms with E-state index in [1.54, 1.807) is 11.3 Å². The third-order valence-corrected chi connectivity index (χ3v) is 6.94. The number of nitrogens with one attached hydrogen (secondary N) is 1. The molecule has 2 amide bonds. The van der Waals surface area contributed by atoms with Gasteiger partial charge in [0.25, 0.3) is 0 Å². The number of thiophene rings is 1. The summed E-state index contributed by atoms with van der Waals surface area (Å²) in [5, 5.41) is 5.16. The molecule has 142 valence electrons. The van der Waals surface area contributed by atoms with E-state index in [-0.39, 0.29) is 11.8 Å². The summed E-state index contributed by atoms with van der Waals surface area (Å²) in [4.78, 5) is 30.6. The van der Waals surface area contributed by atoms with Gasteiger partial charge in [-0.15, -0.1) is 11.3 Å². The summed E-state index contributed by atoms with van der Waals surface area (Å²) in [7, 11) is 0. The van der Waals surface area contributed by atoms with Crippen molar-refractivity contribution in [3.63, 3.8) is 0 Å². The van der Waals surface area contributed by atoms with Crippen molar-refractivity contribution in [2.45, 2.75) is 51.1 Å². The van der Waals surface area contributed by atoms with Crippen molar-refractivity contribution < 1.29 is 9.59 Å². The first-order chi connectivity index (χ1) is 12.7. The van der Waals surface area contributed by atoms with E-state index in [0.29, 0.717) is 24.4 Å². The molecule has 2 saturated heterocycles. The molecule has 2 aliphatic heterocycles. The van der Waals surface area contributed by atoms with E-state index in [1.807, 2.05) is 11.4 Å². The van der Waals surface area contributed by atoms with Crippen LogP contribution in [0.2, 0.25) is 0 Å². The van der Waals surface area contributed by atoms with Crippen LogP contribution < -0.4 is 5.32 Å². The van der Waals surface area contributed by atoms with Crippen LogP contribution in [0.1, 0.15) is 43.4 Å². The fraction of sp³-hybridized carbons (Fsp3) is 0.700. The topological polar surface area (TPSA) is 52.7 Å². The van der Waals surface area contributed by atoms with Crippen molar-refractivity contribution in [3.8, 4) is 0 Å². The van der Waals surface area contributed by atoms with Gasteiger partial charge in [0, 0.05) is 36.5 Å². The fourth-order valence-electron chi connectivity index (χ4n) is 4.32. The second kappa shape index (κ2) is 8.09. The number of likely N-dealkylation sites (tertiary alicyclic amines) is 2. The SMILES string of the molecule is O=C(NCc1cccs1)[C@H]1CCCN(C2CCN(C(=O)C3CC3)CC2)C1. The Labute approximate surface area is 159 Å². The van der Waals surface area contributed by atoms with Crippen LogP contribution in [-0.4, -0.2) is 53.8 Å². The Balaban J connectivity index is 1.24. The minimum atomic E-state index is 0.106. The highest BCUT2D eigenvalue weighted by atomic mass is 32.1. The Morgan fingerprint density at radius 1 is 1.08 bits per heavy atom. The second-order valence-electron chi connectivity index (χ2n) is 7.96. The van der Waals surface area contributed by atoms with E-state index in [0.717, 1.165) is 64.7 Å².